The summed E-state index contributed by atoms with van der Waals surface area (Å²) in [6, 6.07) is 9.27. The van der Waals surface area contributed by atoms with E-state index in [1.165, 1.54) is 30.3 Å². The highest BCUT2D eigenvalue weighted by molar-refractivity contribution is 9.10. The van der Waals surface area contributed by atoms with Gasteiger partial charge < -0.3 is 5.11 Å². The lowest BCUT2D eigenvalue weighted by molar-refractivity contribution is -0.384. The molecular weight excluding hydrogens is 464 g/mol. The van der Waals surface area contributed by atoms with Gasteiger partial charge in [0.2, 0.25) is 0 Å². The van der Waals surface area contributed by atoms with Crippen LogP contribution in [0.3, 0.4) is 0 Å². The molecule has 0 bridgehead atoms. The van der Waals surface area contributed by atoms with Crippen LogP contribution in [0.1, 0.15) is 12.8 Å². The van der Waals surface area contributed by atoms with Crippen molar-refractivity contribution in [3.8, 4) is 0 Å². The summed E-state index contributed by atoms with van der Waals surface area (Å²) in [5, 5.41) is 19.9. The first kappa shape index (κ1) is 21.1. The maximum atomic E-state index is 13.1. The first-order valence-electron chi connectivity index (χ1n) is 7.57. The van der Waals surface area contributed by atoms with E-state index < -0.39 is 20.9 Å². The van der Waals surface area contributed by atoms with Crippen molar-refractivity contribution in [2.45, 2.75) is 17.7 Å². The summed E-state index contributed by atoms with van der Waals surface area (Å²) in [6.07, 6.45) is -0.261. The Bertz CT molecular complexity index is 965. The van der Waals surface area contributed by atoms with Crippen LogP contribution in [0.25, 0.3) is 0 Å². The Kier molecular flexibility index (Phi) is 6.79. The van der Waals surface area contributed by atoms with Gasteiger partial charge in [0.15, 0.2) is 0 Å². The molecule has 1 N–H and O–H groups in total. The van der Waals surface area contributed by atoms with Crippen LogP contribution in [0, 0.1) is 10.1 Å². The Morgan fingerprint density at radius 3 is 2.41 bits per heavy atom. The predicted molar refractivity (Wildman–Crippen MR) is 104 cm³/mol. The fourth-order valence-corrected chi connectivity index (χ4v) is 4.33. The number of hydrogen-bond donors (Lipinski definition) is 1. The summed E-state index contributed by atoms with van der Waals surface area (Å²) >= 11 is 9.32. The average Bonchev–Trinajstić information content (AvgIpc) is 2.59. The Labute approximate surface area is 168 Å². The van der Waals surface area contributed by atoms with E-state index in [0.717, 1.165) is 16.4 Å². The number of benzene rings is 2. The number of nitrogens with zero attached hydrogens (tertiary/aromatic N) is 2. The van der Waals surface area contributed by atoms with Crippen molar-refractivity contribution in [3.05, 3.63) is 62.1 Å². The van der Waals surface area contributed by atoms with Crippen molar-refractivity contribution in [2.24, 2.45) is 0 Å². The molecule has 0 saturated carbocycles. The van der Waals surface area contributed by atoms with Gasteiger partial charge in [-0.3, -0.25) is 19.2 Å². The lowest BCUT2D eigenvalue weighted by atomic mass is 10.2. The molecule has 0 atom stereocenters. The van der Waals surface area contributed by atoms with Crippen molar-refractivity contribution in [2.75, 3.05) is 10.8 Å². The number of rotatable bonds is 8. The molecule has 0 radical (unpaired) electrons. The fraction of sp³-hybridized carbons (Fsp3) is 0.188. The number of nitro groups is 1. The van der Waals surface area contributed by atoms with E-state index in [2.05, 4.69) is 15.9 Å². The smallest absolute Gasteiger partial charge is 0.303 e. The highest BCUT2D eigenvalue weighted by atomic mass is 79.9. The molecule has 2 rings (SSSR count). The summed E-state index contributed by atoms with van der Waals surface area (Å²) in [5.41, 5.74) is -0.414. The molecule has 27 heavy (non-hydrogen) atoms. The topological polar surface area (TPSA) is 118 Å². The molecule has 0 unspecified atom stereocenters. The summed E-state index contributed by atoms with van der Waals surface area (Å²) in [7, 11) is -4.12. The zero-order valence-electron chi connectivity index (χ0n) is 13.7. The number of hydrogen-bond acceptors (Lipinski definition) is 5. The number of aliphatic carboxylic acids is 1. The van der Waals surface area contributed by atoms with Crippen LogP contribution >= 0.6 is 27.5 Å². The zero-order valence-corrected chi connectivity index (χ0v) is 16.9. The molecule has 8 nitrogen and oxygen atoms in total. The summed E-state index contributed by atoms with van der Waals surface area (Å²) in [5.74, 6) is -1.08. The standard InChI is InChI=1S/C16H14BrClN2O6S/c17-11-3-6-13(7-4-11)27(25,26)19(9-1-2-16(21)22)15-10-12(20(23)24)5-8-14(15)18/h3-8,10H,1-2,9H2,(H,21,22). The highest BCUT2D eigenvalue weighted by Gasteiger charge is 2.28. The van der Waals surface area contributed by atoms with E-state index in [0.29, 0.717) is 4.47 Å². The van der Waals surface area contributed by atoms with Gasteiger partial charge in [-0.25, -0.2) is 8.42 Å². The Balaban J connectivity index is 2.54. The van der Waals surface area contributed by atoms with E-state index in [4.69, 9.17) is 16.7 Å². The molecule has 0 saturated heterocycles. The first-order chi connectivity index (χ1) is 12.6. The van der Waals surface area contributed by atoms with Crippen LogP contribution in [0.5, 0.6) is 0 Å². The van der Waals surface area contributed by atoms with E-state index in [9.17, 15) is 23.3 Å². The van der Waals surface area contributed by atoms with Crippen LogP contribution in [0.4, 0.5) is 11.4 Å². The molecular formula is C16H14BrClN2O6S. The number of carboxylic acid groups (broad SMARTS) is 1. The third-order valence-corrected chi connectivity index (χ3v) is 6.24. The second-order valence-electron chi connectivity index (χ2n) is 5.42. The summed E-state index contributed by atoms with van der Waals surface area (Å²) in [6.45, 7) is -0.203. The van der Waals surface area contributed by atoms with Gasteiger partial charge in [0, 0.05) is 29.6 Å². The van der Waals surface area contributed by atoms with Crippen molar-refractivity contribution in [3.63, 3.8) is 0 Å². The van der Waals surface area contributed by atoms with Crippen LogP contribution in [-0.2, 0) is 14.8 Å². The minimum Gasteiger partial charge on any atom is -0.481 e. The van der Waals surface area contributed by atoms with Crippen molar-refractivity contribution in [1.29, 1.82) is 0 Å². The van der Waals surface area contributed by atoms with Gasteiger partial charge in [-0.15, -0.1) is 0 Å². The van der Waals surface area contributed by atoms with E-state index in [-0.39, 0.29) is 40.7 Å². The zero-order chi connectivity index (χ0) is 20.2. The second-order valence-corrected chi connectivity index (χ2v) is 8.61. The van der Waals surface area contributed by atoms with E-state index in [1.54, 1.807) is 0 Å². The van der Waals surface area contributed by atoms with Crippen LogP contribution in [0.15, 0.2) is 51.8 Å². The second kappa shape index (κ2) is 8.68. The number of carboxylic acids is 1. The molecule has 0 heterocycles. The van der Waals surface area contributed by atoms with Crippen molar-refractivity contribution < 1.29 is 23.2 Å². The molecule has 2 aromatic rings. The third kappa shape index (κ3) is 5.18. The fourth-order valence-electron chi connectivity index (χ4n) is 2.28. The molecule has 11 heteroatoms. The molecule has 2 aromatic carbocycles. The van der Waals surface area contributed by atoms with E-state index in [1.807, 2.05) is 0 Å². The number of anilines is 1. The van der Waals surface area contributed by atoms with Gasteiger partial charge in [-0.05, 0) is 36.8 Å². The van der Waals surface area contributed by atoms with Crippen LogP contribution in [-0.4, -0.2) is 31.0 Å². The van der Waals surface area contributed by atoms with Gasteiger partial charge in [-0.1, -0.05) is 27.5 Å². The number of non-ortho nitro benzene ring substituents is 1. The van der Waals surface area contributed by atoms with Crippen LogP contribution < -0.4 is 4.31 Å². The van der Waals surface area contributed by atoms with Gasteiger partial charge in [0.25, 0.3) is 15.7 Å². The Morgan fingerprint density at radius 2 is 1.85 bits per heavy atom. The molecule has 0 aromatic heterocycles. The monoisotopic (exact) mass is 476 g/mol. The quantitative estimate of drug-likeness (QED) is 0.452. The third-order valence-electron chi connectivity index (χ3n) is 3.56. The number of halogens is 2. The number of sulfonamides is 1. The average molecular weight is 478 g/mol. The molecule has 144 valence electrons. The maximum absolute atomic E-state index is 13.1. The minimum atomic E-state index is -4.12. The molecule has 0 amide bonds. The molecule has 0 aliphatic carbocycles. The summed E-state index contributed by atoms with van der Waals surface area (Å²) in [4.78, 5) is 21.1. The lowest BCUT2D eigenvalue weighted by Gasteiger charge is -2.25. The molecule has 0 aliphatic rings. The van der Waals surface area contributed by atoms with Crippen molar-refractivity contribution >= 4 is 54.9 Å². The molecule has 0 aliphatic heterocycles. The van der Waals surface area contributed by atoms with Gasteiger partial charge in [0.05, 0.1) is 20.5 Å². The normalized spacial score (nSPS) is 11.2. The van der Waals surface area contributed by atoms with Crippen molar-refractivity contribution in [1.82, 2.24) is 0 Å². The van der Waals surface area contributed by atoms with E-state index >= 15 is 0 Å². The van der Waals surface area contributed by atoms with Gasteiger partial charge >= 0.3 is 5.97 Å². The molecule has 0 spiro atoms. The maximum Gasteiger partial charge on any atom is 0.303 e. The Hall–Kier alpha value is -2.17. The molecule has 0 fully saturated rings. The highest BCUT2D eigenvalue weighted by Crippen LogP contribution is 2.34. The Morgan fingerprint density at radius 1 is 1.22 bits per heavy atom. The lowest BCUT2D eigenvalue weighted by Crippen LogP contribution is -2.32. The largest absolute Gasteiger partial charge is 0.481 e. The first-order valence-corrected chi connectivity index (χ1v) is 10.2. The number of nitro benzene ring substituents is 1. The minimum absolute atomic E-state index is 0.00314. The van der Waals surface area contributed by atoms with Gasteiger partial charge in [-0.2, -0.15) is 0 Å². The summed E-state index contributed by atoms with van der Waals surface area (Å²) < 4.78 is 27.7. The van der Waals surface area contributed by atoms with Crippen LogP contribution in [0.2, 0.25) is 5.02 Å². The predicted octanol–water partition coefficient (Wildman–Crippen LogP) is 4.07. The number of carbonyl (C=O) groups is 1. The SMILES string of the molecule is O=C(O)CCCN(c1cc([N+](=O)[O-])ccc1Cl)S(=O)(=O)c1ccc(Br)cc1. The van der Waals surface area contributed by atoms with Gasteiger partial charge in [0.1, 0.15) is 0 Å².